The van der Waals surface area contributed by atoms with E-state index < -0.39 is 0 Å². The molecule has 0 amide bonds. The molecule has 1 aromatic carbocycles. The SMILES string of the molecule is COc1cc(OC)cc(C(NN)c2ccc(Br)cn2)c1. The minimum atomic E-state index is -0.243. The Kier molecular flexibility index (Phi) is 4.94. The molecule has 0 fully saturated rings. The molecule has 0 spiro atoms. The van der Waals surface area contributed by atoms with Crippen molar-refractivity contribution in [3.63, 3.8) is 0 Å². The Balaban J connectivity index is 2.42. The van der Waals surface area contributed by atoms with Crippen LogP contribution in [0.1, 0.15) is 17.3 Å². The number of ether oxygens (including phenoxy) is 2. The molecule has 5 nitrogen and oxygen atoms in total. The number of methoxy groups -OCH3 is 2. The number of aromatic nitrogens is 1. The van der Waals surface area contributed by atoms with Crippen molar-refractivity contribution in [2.45, 2.75) is 6.04 Å². The zero-order valence-electron chi connectivity index (χ0n) is 11.3. The average Bonchev–Trinajstić information content (AvgIpc) is 2.49. The van der Waals surface area contributed by atoms with Crippen LogP contribution in [0.25, 0.3) is 0 Å². The van der Waals surface area contributed by atoms with Crippen molar-refractivity contribution in [1.29, 1.82) is 0 Å². The quantitative estimate of drug-likeness (QED) is 0.647. The average molecular weight is 338 g/mol. The molecule has 2 aromatic rings. The van der Waals surface area contributed by atoms with Crippen LogP contribution < -0.4 is 20.7 Å². The molecule has 0 aliphatic rings. The summed E-state index contributed by atoms with van der Waals surface area (Å²) in [5.41, 5.74) is 4.49. The number of hydrazine groups is 1. The predicted octanol–water partition coefficient (Wildman–Crippen LogP) is 2.41. The first-order valence-corrected chi connectivity index (χ1v) is 6.77. The molecule has 2 rings (SSSR count). The van der Waals surface area contributed by atoms with Crippen LogP contribution in [0, 0.1) is 0 Å². The van der Waals surface area contributed by atoms with Gasteiger partial charge in [-0.2, -0.15) is 0 Å². The van der Waals surface area contributed by atoms with Crippen LogP contribution in [0.15, 0.2) is 41.0 Å². The predicted molar refractivity (Wildman–Crippen MR) is 80.6 cm³/mol. The second-order valence-electron chi connectivity index (χ2n) is 4.15. The van der Waals surface area contributed by atoms with Gasteiger partial charge < -0.3 is 9.47 Å². The van der Waals surface area contributed by atoms with Crippen LogP contribution >= 0.6 is 15.9 Å². The van der Waals surface area contributed by atoms with Gasteiger partial charge in [0.15, 0.2) is 0 Å². The van der Waals surface area contributed by atoms with E-state index in [1.807, 2.05) is 30.3 Å². The van der Waals surface area contributed by atoms with E-state index in [0.29, 0.717) is 11.5 Å². The summed E-state index contributed by atoms with van der Waals surface area (Å²) >= 11 is 3.36. The molecule has 3 N–H and O–H groups in total. The van der Waals surface area contributed by atoms with Crippen LogP contribution in [-0.4, -0.2) is 19.2 Å². The Labute approximate surface area is 126 Å². The Morgan fingerprint density at radius 2 is 1.80 bits per heavy atom. The molecule has 0 bridgehead atoms. The topological polar surface area (TPSA) is 69.4 Å². The number of pyridine rings is 1. The second-order valence-corrected chi connectivity index (χ2v) is 5.06. The van der Waals surface area contributed by atoms with Gasteiger partial charge >= 0.3 is 0 Å². The van der Waals surface area contributed by atoms with E-state index in [0.717, 1.165) is 15.7 Å². The fourth-order valence-corrected chi connectivity index (χ4v) is 2.14. The van der Waals surface area contributed by atoms with E-state index in [4.69, 9.17) is 15.3 Å². The highest BCUT2D eigenvalue weighted by Crippen LogP contribution is 2.29. The van der Waals surface area contributed by atoms with Crippen molar-refractivity contribution < 1.29 is 9.47 Å². The number of hydrogen-bond acceptors (Lipinski definition) is 5. The number of benzene rings is 1. The second kappa shape index (κ2) is 6.69. The summed E-state index contributed by atoms with van der Waals surface area (Å²) in [4.78, 5) is 4.37. The Morgan fingerprint density at radius 3 is 2.25 bits per heavy atom. The first kappa shape index (κ1) is 14.8. The van der Waals surface area contributed by atoms with Crippen LogP contribution in [-0.2, 0) is 0 Å². The van der Waals surface area contributed by atoms with Gasteiger partial charge in [0.05, 0.1) is 26.0 Å². The minimum absolute atomic E-state index is 0.243. The van der Waals surface area contributed by atoms with Crippen molar-refractivity contribution in [3.05, 3.63) is 52.3 Å². The van der Waals surface area contributed by atoms with E-state index in [1.54, 1.807) is 20.4 Å². The summed E-state index contributed by atoms with van der Waals surface area (Å²) in [6.07, 6.45) is 1.73. The molecule has 1 heterocycles. The summed E-state index contributed by atoms with van der Waals surface area (Å²) < 4.78 is 11.5. The van der Waals surface area contributed by atoms with Crippen LogP contribution in [0.2, 0.25) is 0 Å². The summed E-state index contributed by atoms with van der Waals surface area (Å²) in [6, 6.07) is 9.19. The normalized spacial score (nSPS) is 12.0. The molecule has 0 radical (unpaired) electrons. The zero-order chi connectivity index (χ0) is 14.5. The Bertz CT molecular complexity index is 553. The van der Waals surface area contributed by atoms with Crippen LogP contribution in [0.5, 0.6) is 11.5 Å². The van der Waals surface area contributed by atoms with Crippen molar-refractivity contribution in [2.24, 2.45) is 5.84 Å². The zero-order valence-corrected chi connectivity index (χ0v) is 12.8. The van der Waals surface area contributed by atoms with Crippen LogP contribution in [0.4, 0.5) is 0 Å². The molecule has 1 aromatic heterocycles. The number of hydrogen-bond donors (Lipinski definition) is 2. The largest absolute Gasteiger partial charge is 0.497 e. The molecule has 0 saturated carbocycles. The fourth-order valence-electron chi connectivity index (χ4n) is 1.91. The van der Waals surface area contributed by atoms with E-state index in [1.165, 1.54) is 0 Å². The lowest BCUT2D eigenvalue weighted by Crippen LogP contribution is -2.29. The van der Waals surface area contributed by atoms with Crippen molar-refractivity contribution in [1.82, 2.24) is 10.4 Å². The number of rotatable bonds is 5. The molecular formula is C14H16BrN3O2. The third-order valence-corrected chi connectivity index (χ3v) is 3.39. The maximum atomic E-state index is 5.67. The highest BCUT2D eigenvalue weighted by molar-refractivity contribution is 9.10. The summed E-state index contributed by atoms with van der Waals surface area (Å²) in [7, 11) is 3.22. The van der Waals surface area contributed by atoms with Gasteiger partial charge in [0, 0.05) is 16.7 Å². The van der Waals surface area contributed by atoms with Gasteiger partial charge in [-0.15, -0.1) is 0 Å². The summed E-state index contributed by atoms with van der Waals surface area (Å²) in [5.74, 6) is 7.09. The van der Waals surface area contributed by atoms with Crippen LogP contribution in [0.3, 0.4) is 0 Å². The lowest BCUT2D eigenvalue weighted by molar-refractivity contribution is 0.392. The highest BCUT2D eigenvalue weighted by atomic mass is 79.9. The van der Waals surface area contributed by atoms with E-state index in [2.05, 4.69) is 26.3 Å². The third-order valence-electron chi connectivity index (χ3n) is 2.92. The third kappa shape index (κ3) is 3.27. The van der Waals surface area contributed by atoms with Gasteiger partial charge in [-0.3, -0.25) is 10.8 Å². The van der Waals surface area contributed by atoms with Gasteiger partial charge in [-0.25, -0.2) is 5.43 Å². The molecule has 106 valence electrons. The minimum Gasteiger partial charge on any atom is -0.497 e. The lowest BCUT2D eigenvalue weighted by atomic mass is 10.0. The first-order valence-electron chi connectivity index (χ1n) is 5.98. The summed E-state index contributed by atoms with van der Waals surface area (Å²) in [5, 5.41) is 0. The lowest BCUT2D eigenvalue weighted by Gasteiger charge is -2.17. The number of nitrogens with one attached hydrogen (secondary N) is 1. The Hall–Kier alpha value is -1.63. The van der Waals surface area contributed by atoms with Crippen molar-refractivity contribution in [2.75, 3.05) is 14.2 Å². The standard InChI is InChI=1S/C14H16BrN3O2/c1-19-11-5-9(6-12(7-11)20-2)14(18-16)13-4-3-10(15)8-17-13/h3-8,14,18H,16H2,1-2H3. The smallest absolute Gasteiger partial charge is 0.122 e. The molecule has 0 saturated heterocycles. The maximum absolute atomic E-state index is 5.67. The molecular weight excluding hydrogens is 322 g/mol. The van der Waals surface area contributed by atoms with Gasteiger partial charge in [-0.05, 0) is 45.8 Å². The van der Waals surface area contributed by atoms with Gasteiger partial charge in [0.2, 0.25) is 0 Å². The monoisotopic (exact) mass is 337 g/mol. The Morgan fingerprint density at radius 1 is 1.15 bits per heavy atom. The molecule has 0 aliphatic heterocycles. The van der Waals surface area contributed by atoms with Gasteiger partial charge in [0.25, 0.3) is 0 Å². The fraction of sp³-hybridized carbons (Fsp3) is 0.214. The highest BCUT2D eigenvalue weighted by Gasteiger charge is 2.16. The van der Waals surface area contributed by atoms with Crippen molar-refractivity contribution in [3.8, 4) is 11.5 Å². The molecule has 1 atom stereocenters. The van der Waals surface area contributed by atoms with E-state index in [9.17, 15) is 0 Å². The van der Waals surface area contributed by atoms with E-state index in [-0.39, 0.29) is 6.04 Å². The molecule has 0 aliphatic carbocycles. The molecule has 6 heteroatoms. The van der Waals surface area contributed by atoms with Crippen molar-refractivity contribution >= 4 is 15.9 Å². The molecule has 20 heavy (non-hydrogen) atoms. The number of nitrogens with zero attached hydrogens (tertiary/aromatic N) is 1. The summed E-state index contributed by atoms with van der Waals surface area (Å²) in [6.45, 7) is 0. The number of nitrogens with two attached hydrogens (primary N) is 1. The first-order chi connectivity index (χ1) is 9.67. The van der Waals surface area contributed by atoms with Gasteiger partial charge in [0.1, 0.15) is 11.5 Å². The van der Waals surface area contributed by atoms with Gasteiger partial charge in [-0.1, -0.05) is 0 Å². The maximum Gasteiger partial charge on any atom is 0.122 e. The molecule has 1 unspecified atom stereocenters. The van der Waals surface area contributed by atoms with E-state index >= 15 is 0 Å². The number of halogens is 1.